The minimum atomic E-state index is 0.580. The smallest absolute Gasteiger partial charge is 0.0982 e. The van der Waals surface area contributed by atoms with E-state index in [0.717, 1.165) is 32.2 Å². The van der Waals surface area contributed by atoms with Crippen molar-refractivity contribution in [3.05, 3.63) is 57.0 Å². The van der Waals surface area contributed by atoms with Gasteiger partial charge in [0.1, 0.15) is 0 Å². The molecule has 19 heavy (non-hydrogen) atoms. The maximum absolute atomic E-state index is 6.15. The molecule has 0 spiro atoms. The van der Waals surface area contributed by atoms with E-state index in [0.29, 0.717) is 10.7 Å². The first-order valence-corrected chi connectivity index (χ1v) is 7.28. The molecule has 2 aromatic carbocycles. The summed E-state index contributed by atoms with van der Waals surface area (Å²) in [6.07, 6.45) is 0.732. The van der Waals surface area contributed by atoms with Crippen molar-refractivity contribution in [1.29, 1.82) is 0 Å². The number of nitrogens with two attached hydrogens (primary N) is 1. The summed E-state index contributed by atoms with van der Waals surface area (Å²) in [5.74, 6) is 0. The molecule has 0 amide bonds. The Bertz CT molecular complexity index is 752. The van der Waals surface area contributed by atoms with Gasteiger partial charge in [-0.1, -0.05) is 35.3 Å². The Morgan fingerprint density at radius 3 is 2.68 bits per heavy atom. The molecule has 0 aliphatic rings. The second-order valence-electron chi connectivity index (χ2n) is 4.23. The number of nitrogens with zero attached hydrogens (tertiary/aromatic N) is 1. The van der Waals surface area contributed by atoms with Gasteiger partial charge in [-0.25, -0.2) is 4.98 Å². The van der Waals surface area contributed by atoms with E-state index < -0.39 is 0 Å². The van der Waals surface area contributed by atoms with Gasteiger partial charge in [0.25, 0.3) is 0 Å². The standard InChI is InChI=1S/C14H10Cl2N2S/c15-9-2-1-3-12-14(9)19-13(18-12)7-8-4-5-11(17)10(16)6-8/h1-6H,7,17H2. The fourth-order valence-electron chi connectivity index (χ4n) is 1.89. The Kier molecular flexibility index (Phi) is 3.35. The minimum Gasteiger partial charge on any atom is -0.398 e. The van der Waals surface area contributed by atoms with Gasteiger partial charge in [0.15, 0.2) is 0 Å². The first kappa shape index (κ1) is 12.7. The zero-order valence-electron chi connectivity index (χ0n) is 9.86. The lowest BCUT2D eigenvalue weighted by Crippen LogP contribution is -1.90. The highest BCUT2D eigenvalue weighted by Gasteiger charge is 2.08. The molecule has 0 saturated carbocycles. The van der Waals surface area contributed by atoms with Crippen LogP contribution >= 0.6 is 34.5 Å². The molecule has 0 saturated heterocycles. The lowest BCUT2D eigenvalue weighted by Gasteiger charge is -2.01. The van der Waals surface area contributed by atoms with Crippen LogP contribution in [0.5, 0.6) is 0 Å². The topological polar surface area (TPSA) is 38.9 Å². The van der Waals surface area contributed by atoms with Gasteiger partial charge in [-0.3, -0.25) is 0 Å². The number of aromatic nitrogens is 1. The number of hydrogen-bond donors (Lipinski definition) is 1. The molecular formula is C14H10Cl2N2S. The molecule has 0 aliphatic heterocycles. The van der Waals surface area contributed by atoms with E-state index in [4.69, 9.17) is 28.9 Å². The Balaban J connectivity index is 1.96. The molecule has 96 valence electrons. The van der Waals surface area contributed by atoms with Crippen LogP contribution in [-0.4, -0.2) is 4.98 Å². The van der Waals surface area contributed by atoms with Crippen LogP contribution in [0, 0.1) is 0 Å². The zero-order valence-corrected chi connectivity index (χ0v) is 12.2. The summed E-state index contributed by atoms with van der Waals surface area (Å²) in [5, 5.41) is 2.34. The van der Waals surface area contributed by atoms with Crippen LogP contribution in [0.2, 0.25) is 10.0 Å². The number of halogens is 2. The van der Waals surface area contributed by atoms with Crippen LogP contribution in [0.15, 0.2) is 36.4 Å². The third-order valence-electron chi connectivity index (χ3n) is 2.83. The van der Waals surface area contributed by atoms with Crippen molar-refractivity contribution in [3.8, 4) is 0 Å². The van der Waals surface area contributed by atoms with Crippen molar-refractivity contribution in [1.82, 2.24) is 4.98 Å². The molecule has 1 heterocycles. The van der Waals surface area contributed by atoms with Crippen molar-refractivity contribution in [2.45, 2.75) is 6.42 Å². The van der Waals surface area contributed by atoms with Gasteiger partial charge < -0.3 is 5.73 Å². The van der Waals surface area contributed by atoms with Crippen LogP contribution < -0.4 is 5.73 Å². The first-order chi connectivity index (χ1) is 9.13. The summed E-state index contributed by atoms with van der Waals surface area (Å²) in [6, 6.07) is 11.4. The van der Waals surface area contributed by atoms with Crippen molar-refractivity contribution in [2.75, 3.05) is 5.73 Å². The van der Waals surface area contributed by atoms with Crippen LogP contribution in [-0.2, 0) is 6.42 Å². The predicted molar refractivity (Wildman–Crippen MR) is 83.3 cm³/mol. The predicted octanol–water partition coefficient (Wildman–Crippen LogP) is 4.78. The molecule has 3 aromatic rings. The summed E-state index contributed by atoms with van der Waals surface area (Å²) in [6.45, 7) is 0. The molecule has 2 nitrogen and oxygen atoms in total. The number of anilines is 1. The quantitative estimate of drug-likeness (QED) is 0.692. The second-order valence-corrected chi connectivity index (χ2v) is 6.13. The Hall–Kier alpha value is -1.29. The summed E-state index contributed by atoms with van der Waals surface area (Å²) < 4.78 is 1.03. The maximum atomic E-state index is 6.15. The van der Waals surface area contributed by atoms with E-state index in [1.54, 1.807) is 11.3 Å². The number of thiazole rings is 1. The Morgan fingerprint density at radius 1 is 1.11 bits per heavy atom. The fourth-order valence-corrected chi connectivity index (χ4v) is 3.38. The fraction of sp³-hybridized carbons (Fsp3) is 0.0714. The molecule has 2 N–H and O–H groups in total. The SMILES string of the molecule is Nc1ccc(Cc2nc3cccc(Cl)c3s2)cc1Cl. The van der Waals surface area contributed by atoms with Crippen molar-refractivity contribution in [3.63, 3.8) is 0 Å². The highest BCUT2D eigenvalue weighted by atomic mass is 35.5. The van der Waals surface area contributed by atoms with Crippen LogP contribution in [0.25, 0.3) is 10.2 Å². The Labute approximate surface area is 124 Å². The molecule has 0 aliphatic carbocycles. The molecule has 0 radical (unpaired) electrons. The van der Waals surface area contributed by atoms with E-state index in [1.165, 1.54) is 0 Å². The normalized spacial score (nSPS) is 11.1. The lowest BCUT2D eigenvalue weighted by molar-refractivity contribution is 1.16. The summed E-state index contributed by atoms with van der Waals surface area (Å²) in [5.41, 5.74) is 8.33. The first-order valence-electron chi connectivity index (χ1n) is 5.71. The van der Waals surface area contributed by atoms with Gasteiger partial charge in [-0.2, -0.15) is 0 Å². The number of rotatable bonds is 2. The van der Waals surface area contributed by atoms with Gasteiger partial charge in [0, 0.05) is 6.42 Å². The highest BCUT2D eigenvalue weighted by molar-refractivity contribution is 7.19. The molecule has 0 atom stereocenters. The zero-order chi connectivity index (χ0) is 13.4. The molecule has 5 heteroatoms. The average Bonchev–Trinajstić information content (AvgIpc) is 2.78. The third kappa shape index (κ3) is 2.54. The summed E-state index contributed by atoms with van der Waals surface area (Å²) >= 11 is 13.8. The van der Waals surface area contributed by atoms with E-state index >= 15 is 0 Å². The van der Waals surface area contributed by atoms with E-state index in [2.05, 4.69) is 4.98 Å². The van der Waals surface area contributed by atoms with Crippen LogP contribution in [0.4, 0.5) is 5.69 Å². The molecule has 1 aromatic heterocycles. The molecule has 0 unspecified atom stereocenters. The number of fused-ring (bicyclic) bond motifs is 1. The second kappa shape index (κ2) is 5.00. The number of nitrogen functional groups attached to an aromatic ring is 1. The Morgan fingerprint density at radius 2 is 1.95 bits per heavy atom. The largest absolute Gasteiger partial charge is 0.398 e. The van der Waals surface area contributed by atoms with Gasteiger partial charge in [-0.05, 0) is 29.8 Å². The van der Waals surface area contributed by atoms with Gasteiger partial charge in [0.2, 0.25) is 0 Å². The van der Waals surface area contributed by atoms with Crippen LogP contribution in [0.3, 0.4) is 0 Å². The van der Waals surface area contributed by atoms with Gasteiger partial charge in [0.05, 0.1) is 31.0 Å². The maximum Gasteiger partial charge on any atom is 0.0982 e. The molecule has 0 bridgehead atoms. The number of benzene rings is 2. The van der Waals surface area contributed by atoms with Crippen molar-refractivity contribution in [2.24, 2.45) is 0 Å². The molecular weight excluding hydrogens is 299 g/mol. The van der Waals surface area contributed by atoms with E-state index in [1.807, 2.05) is 36.4 Å². The lowest BCUT2D eigenvalue weighted by atomic mass is 10.1. The molecule has 3 rings (SSSR count). The summed E-state index contributed by atoms with van der Waals surface area (Å²) in [4.78, 5) is 4.58. The van der Waals surface area contributed by atoms with Crippen molar-refractivity contribution >= 4 is 50.4 Å². The number of hydrogen-bond acceptors (Lipinski definition) is 3. The average molecular weight is 309 g/mol. The van der Waals surface area contributed by atoms with E-state index in [-0.39, 0.29) is 0 Å². The van der Waals surface area contributed by atoms with Gasteiger partial charge in [-0.15, -0.1) is 11.3 Å². The monoisotopic (exact) mass is 308 g/mol. The van der Waals surface area contributed by atoms with Crippen molar-refractivity contribution < 1.29 is 0 Å². The minimum absolute atomic E-state index is 0.580. The highest BCUT2D eigenvalue weighted by Crippen LogP contribution is 2.30. The summed E-state index contributed by atoms with van der Waals surface area (Å²) in [7, 11) is 0. The van der Waals surface area contributed by atoms with Crippen LogP contribution in [0.1, 0.15) is 10.6 Å². The van der Waals surface area contributed by atoms with Gasteiger partial charge >= 0.3 is 0 Å². The molecule has 0 fully saturated rings. The van der Waals surface area contributed by atoms with E-state index in [9.17, 15) is 0 Å². The third-order valence-corrected chi connectivity index (χ3v) is 4.69.